The first-order valence-electron chi connectivity index (χ1n) is 9.75. The highest BCUT2D eigenvalue weighted by Gasteiger charge is 2.24. The van der Waals surface area contributed by atoms with Gasteiger partial charge in [0.2, 0.25) is 0 Å². The summed E-state index contributed by atoms with van der Waals surface area (Å²) in [5.74, 6) is -0.703. The van der Waals surface area contributed by atoms with Gasteiger partial charge in [0.05, 0.1) is 11.3 Å². The minimum Gasteiger partial charge on any atom is -0.364 e. The molecule has 6 heteroatoms. The number of hydrogen-bond acceptors (Lipinski definition) is 3. The standard InChI is InChI=1S/C22H25N4O2/c1-13-4-3-5-14(2)26(13)12-15-6-8-18-16(10-15)11-20(24-18)17-7-9-19(21(23)27)25-22(17)28/h6-8,10-11,13-14,24H,3-5,12H2,1-2H3,(H2,23,27)(H,25,28)/t13-,14+. The largest absolute Gasteiger partial charge is 0.364 e. The first-order valence-corrected chi connectivity index (χ1v) is 9.75. The van der Waals surface area contributed by atoms with Crippen molar-refractivity contribution in [3.05, 3.63) is 58.0 Å². The summed E-state index contributed by atoms with van der Waals surface area (Å²) < 4.78 is 0. The van der Waals surface area contributed by atoms with Crippen LogP contribution in [-0.4, -0.2) is 32.9 Å². The number of amides is 1. The number of likely N-dealkylation sites (tertiary alicyclic amines) is 1. The summed E-state index contributed by atoms with van der Waals surface area (Å²) in [6, 6.07) is 13.8. The number of benzene rings is 1. The zero-order valence-corrected chi connectivity index (χ0v) is 16.2. The molecule has 2 atom stereocenters. The minimum atomic E-state index is -0.703. The molecule has 0 aliphatic carbocycles. The molecule has 0 unspecified atom stereocenters. The fourth-order valence-electron chi connectivity index (χ4n) is 4.18. The van der Waals surface area contributed by atoms with E-state index in [1.807, 2.05) is 6.07 Å². The lowest BCUT2D eigenvalue weighted by Crippen LogP contribution is -2.42. The van der Waals surface area contributed by atoms with E-state index < -0.39 is 5.91 Å². The molecule has 1 aliphatic heterocycles. The third-order valence-electron chi connectivity index (χ3n) is 5.81. The van der Waals surface area contributed by atoms with Gasteiger partial charge in [-0.1, -0.05) is 12.5 Å². The Bertz CT molecular complexity index is 1070. The van der Waals surface area contributed by atoms with Gasteiger partial charge < -0.3 is 15.7 Å². The van der Waals surface area contributed by atoms with Crippen LogP contribution < -0.4 is 11.3 Å². The fraction of sp³-hybridized carbons (Fsp3) is 0.364. The SMILES string of the molecule is C[C@@H]1CCC[C@H](C)N1Cc1ccc2[nH]c(-c3c[c]c(C(N)=O)[nH]c3=O)cc2c1. The Morgan fingerprint density at radius 1 is 1.21 bits per heavy atom. The molecule has 1 radical (unpaired) electrons. The molecule has 1 fully saturated rings. The molecule has 4 N–H and O–H groups in total. The lowest BCUT2D eigenvalue weighted by molar-refractivity contribution is 0.0953. The van der Waals surface area contributed by atoms with Gasteiger partial charge in [0.25, 0.3) is 11.5 Å². The average Bonchev–Trinajstić information content (AvgIpc) is 3.07. The molecule has 145 valence electrons. The van der Waals surface area contributed by atoms with Gasteiger partial charge in [-0.2, -0.15) is 0 Å². The molecular formula is C22H25N4O2. The molecule has 1 aliphatic rings. The number of nitrogens with zero attached hydrogens (tertiary/aromatic N) is 1. The van der Waals surface area contributed by atoms with Gasteiger partial charge in [-0.15, -0.1) is 0 Å². The third-order valence-corrected chi connectivity index (χ3v) is 5.81. The van der Waals surface area contributed by atoms with Crippen LogP contribution in [0.2, 0.25) is 0 Å². The average molecular weight is 377 g/mol. The maximum absolute atomic E-state index is 12.3. The van der Waals surface area contributed by atoms with Crippen LogP contribution in [-0.2, 0) is 6.54 Å². The number of carbonyl (C=O) groups excluding carboxylic acids is 1. The van der Waals surface area contributed by atoms with E-state index in [4.69, 9.17) is 5.73 Å². The fourth-order valence-corrected chi connectivity index (χ4v) is 4.18. The number of carbonyl (C=O) groups is 1. The molecule has 2 aromatic heterocycles. The molecule has 0 saturated carbocycles. The second-order valence-corrected chi connectivity index (χ2v) is 7.80. The summed E-state index contributed by atoms with van der Waals surface area (Å²) in [5.41, 5.74) is 8.17. The number of pyridine rings is 1. The number of piperidine rings is 1. The molecule has 28 heavy (non-hydrogen) atoms. The van der Waals surface area contributed by atoms with Gasteiger partial charge in [0, 0.05) is 35.6 Å². The smallest absolute Gasteiger partial charge is 0.265 e. The van der Waals surface area contributed by atoms with Crippen molar-refractivity contribution in [1.29, 1.82) is 0 Å². The summed E-state index contributed by atoms with van der Waals surface area (Å²) in [7, 11) is 0. The van der Waals surface area contributed by atoms with E-state index in [1.54, 1.807) is 0 Å². The lowest BCUT2D eigenvalue weighted by atomic mass is 9.96. The van der Waals surface area contributed by atoms with E-state index in [1.165, 1.54) is 30.9 Å². The number of primary amides is 1. The number of rotatable bonds is 4. The molecule has 3 heterocycles. The Morgan fingerprint density at radius 2 is 1.96 bits per heavy atom. The Kier molecular flexibility index (Phi) is 4.81. The van der Waals surface area contributed by atoms with Crippen molar-refractivity contribution >= 4 is 16.8 Å². The number of nitrogens with one attached hydrogen (secondary N) is 2. The summed E-state index contributed by atoms with van der Waals surface area (Å²) in [4.78, 5) is 31.8. The minimum absolute atomic E-state index is 0.0167. The molecule has 0 spiro atoms. The molecule has 1 saturated heterocycles. The van der Waals surface area contributed by atoms with Crippen LogP contribution in [0.1, 0.15) is 49.2 Å². The molecule has 0 bridgehead atoms. The van der Waals surface area contributed by atoms with Gasteiger partial charge in [0.1, 0.15) is 5.69 Å². The second-order valence-electron chi connectivity index (χ2n) is 7.80. The van der Waals surface area contributed by atoms with Crippen LogP contribution in [0.5, 0.6) is 0 Å². The number of aromatic amines is 2. The third kappa shape index (κ3) is 3.47. The van der Waals surface area contributed by atoms with Crippen molar-refractivity contribution in [3.8, 4) is 11.3 Å². The highest BCUT2D eigenvalue weighted by atomic mass is 16.1. The summed E-state index contributed by atoms with van der Waals surface area (Å²) in [6.45, 7) is 5.54. The van der Waals surface area contributed by atoms with Crippen LogP contribution in [0.15, 0.2) is 35.1 Å². The number of aromatic nitrogens is 2. The molecule has 3 aromatic rings. The van der Waals surface area contributed by atoms with E-state index in [0.29, 0.717) is 23.3 Å². The molecule has 4 rings (SSSR count). The number of H-pyrrole nitrogens is 2. The van der Waals surface area contributed by atoms with Gasteiger partial charge in [-0.05, 0) is 56.5 Å². The highest BCUT2D eigenvalue weighted by molar-refractivity contribution is 5.91. The zero-order chi connectivity index (χ0) is 19.8. The molecular weight excluding hydrogens is 352 g/mol. The predicted molar refractivity (Wildman–Crippen MR) is 110 cm³/mol. The van der Waals surface area contributed by atoms with Crippen molar-refractivity contribution in [2.24, 2.45) is 5.73 Å². The van der Waals surface area contributed by atoms with E-state index in [0.717, 1.165) is 17.4 Å². The van der Waals surface area contributed by atoms with Crippen molar-refractivity contribution in [3.63, 3.8) is 0 Å². The van der Waals surface area contributed by atoms with Crippen LogP contribution in [0.25, 0.3) is 22.2 Å². The van der Waals surface area contributed by atoms with Crippen LogP contribution in [0, 0.1) is 6.07 Å². The van der Waals surface area contributed by atoms with Crippen molar-refractivity contribution < 1.29 is 4.79 Å². The van der Waals surface area contributed by atoms with E-state index in [-0.39, 0.29) is 11.3 Å². The van der Waals surface area contributed by atoms with Crippen molar-refractivity contribution in [1.82, 2.24) is 14.9 Å². The van der Waals surface area contributed by atoms with E-state index in [9.17, 15) is 9.59 Å². The monoisotopic (exact) mass is 377 g/mol. The number of hydrogen-bond donors (Lipinski definition) is 3. The Labute approximate surface area is 163 Å². The van der Waals surface area contributed by atoms with Gasteiger partial charge in [-0.3, -0.25) is 14.5 Å². The van der Waals surface area contributed by atoms with E-state index in [2.05, 4.69) is 53.0 Å². The summed E-state index contributed by atoms with van der Waals surface area (Å²) in [6.07, 6.45) is 3.81. The maximum Gasteiger partial charge on any atom is 0.265 e. The molecule has 6 nitrogen and oxygen atoms in total. The Hall–Kier alpha value is -2.86. The van der Waals surface area contributed by atoms with E-state index >= 15 is 0 Å². The van der Waals surface area contributed by atoms with Crippen LogP contribution in [0.4, 0.5) is 0 Å². The Balaban J connectivity index is 1.63. The highest BCUT2D eigenvalue weighted by Crippen LogP contribution is 2.27. The quantitative estimate of drug-likeness (QED) is 0.652. The number of fused-ring (bicyclic) bond motifs is 1. The van der Waals surface area contributed by atoms with Crippen molar-refractivity contribution in [2.75, 3.05) is 0 Å². The normalized spacial score (nSPS) is 20.5. The van der Waals surface area contributed by atoms with Gasteiger partial charge in [0.15, 0.2) is 0 Å². The van der Waals surface area contributed by atoms with Crippen LogP contribution in [0.3, 0.4) is 0 Å². The van der Waals surface area contributed by atoms with Gasteiger partial charge in [-0.25, -0.2) is 0 Å². The second kappa shape index (κ2) is 7.28. The maximum atomic E-state index is 12.3. The topological polar surface area (TPSA) is 95.0 Å². The first-order chi connectivity index (χ1) is 13.4. The first kappa shape index (κ1) is 18.5. The lowest BCUT2D eigenvalue weighted by Gasteiger charge is -2.39. The summed E-state index contributed by atoms with van der Waals surface area (Å²) >= 11 is 0. The number of nitrogens with two attached hydrogens (primary N) is 1. The molecule has 1 amide bonds. The van der Waals surface area contributed by atoms with Crippen molar-refractivity contribution in [2.45, 2.75) is 51.7 Å². The zero-order valence-electron chi connectivity index (χ0n) is 16.2. The van der Waals surface area contributed by atoms with Crippen LogP contribution >= 0.6 is 0 Å². The summed E-state index contributed by atoms with van der Waals surface area (Å²) in [5, 5.41) is 1.06. The predicted octanol–water partition coefficient (Wildman–Crippen LogP) is 3.19. The Morgan fingerprint density at radius 3 is 2.64 bits per heavy atom. The molecule has 1 aromatic carbocycles. The van der Waals surface area contributed by atoms with Gasteiger partial charge >= 0.3 is 0 Å².